The molecular formula is C30H32FN3O4S. The monoisotopic (exact) mass is 549 g/mol. The van der Waals surface area contributed by atoms with Gasteiger partial charge >= 0.3 is 0 Å². The number of hydrogen-bond donors (Lipinski definition) is 1. The van der Waals surface area contributed by atoms with E-state index < -0.39 is 18.2 Å². The van der Waals surface area contributed by atoms with Crippen LogP contribution in [0.5, 0.6) is 0 Å². The molecule has 7 nitrogen and oxygen atoms in total. The quantitative estimate of drug-likeness (QED) is 0.450. The highest BCUT2D eigenvalue weighted by molar-refractivity contribution is 7.13. The number of likely N-dealkylation sites (tertiary alicyclic amines) is 1. The van der Waals surface area contributed by atoms with Crippen molar-refractivity contribution in [3.05, 3.63) is 76.2 Å². The molecule has 1 saturated heterocycles. The Morgan fingerprint density at radius 2 is 1.97 bits per heavy atom. The number of aryl methyl sites for hydroxylation is 2. The number of aliphatic hydroxyl groups excluding tert-OH is 1. The lowest BCUT2D eigenvalue weighted by molar-refractivity contribution is -0.142. The Kier molecular flexibility index (Phi) is 7.64. The Labute approximate surface area is 231 Å². The number of halogens is 1. The summed E-state index contributed by atoms with van der Waals surface area (Å²) in [5, 5.41) is 10.4. The lowest BCUT2D eigenvalue weighted by Crippen LogP contribution is -2.54. The lowest BCUT2D eigenvalue weighted by Gasteiger charge is -2.35. The molecule has 0 radical (unpaired) electrons. The molecule has 5 rings (SSSR count). The Balaban J connectivity index is 1.29. The van der Waals surface area contributed by atoms with Gasteiger partial charge in [-0.3, -0.25) is 14.4 Å². The molecule has 1 fully saturated rings. The molecule has 0 saturated carbocycles. The third kappa shape index (κ3) is 5.25. The Morgan fingerprint density at radius 1 is 1.21 bits per heavy atom. The van der Waals surface area contributed by atoms with Gasteiger partial charge in [0, 0.05) is 31.5 Å². The highest BCUT2D eigenvalue weighted by Gasteiger charge is 2.45. The van der Waals surface area contributed by atoms with Gasteiger partial charge in [0.2, 0.25) is 5.91 Å². The van der Waals surface area contributed by atoms with Gasteiger partial charge in [0.05, 0.1) is 28.2 Å². The summed E-state index contributed by atoms with van der Waals surface area (Å²) >= 11 is 1.45. The van der Waals surface area contributed by atoms with Crippen LogP contribution in [-0.4, -0.2) is 62.2 Å². The summed E-state index contributed by atoms with van der Waals surface area (Å²) in [6.07, 6.45) is -0.470. The first-order valence-corrected chi connectivity index (χ1v) is 14.1. The summed E-state index contributed by atoms with van der Waals surface area (Å²) in [5.41, 5.74) is 5.19. The summed E-state index contributed by atoms with van der Waals surface area (Å²) in [4.78, 5) is 48.5. The fraction of sp³-hybridized carbons (Fsp3) is 0.400. The van der Waals surface area contributed by atoms with Crippen molar-refractivity contribution in [2.75, 3.05) is 6.54 Å². The number of carbonyl (C=O) groups is 3. The van der Waals surface area contributed by atoms with Crippen LogP contribution in [0.4, 0.5) is 4.39 Å². The molecular weight excluding hydrogens is 517 g/mol. The Bertz CT molecular complexity index is 1420. The number of benzene rings is 2. The van der Waals surface area contributed by atoms with Gasteiger partial charge in [0.15, 0.2) is 5.78 Å². The molecule has 2 aromatic carbocycles. The first kappa shape index (κ1) is 27.1. The standard InChI is InChI=1S/C30H32FN3O4S/c1-17(2)27(34-14-21-6-4-5-7-23(21)29(34)37)30(38)33-15-22(35)13-25(33)26(36)11-10-19-8-9-20(12-24(19)31)28-18(3)32-16-39-28/h4-9,12,16-17,22,25,27,35H,10-11,13-15H2,1-3H3/t22-,25+,27+/m1/s1. The summed E-state index contributed by atoms with van der Waals surface area (Å²) in [6.45, 7) is 5.99. The number of aromatic nitrogens is 1. The van der Waals surface area contributed by atoms with Crippen LogP contribution in [0.2, 0.25) is 0 Å². The second-order valence-electron chi connectivity index (χ2n) is 10.7. The number of fused-ring (bicyclic) bond motifs is 1. The molecule has 2 aliphatic rings. The second-order valence-corrected chi connectivity index (χ2v) is 11.6. The third-order valence-electron chi connectivity index (χ3n) is 7.70. The average Bonchev–Trinajstić information content (AvgIpc) is 3.60. The minimum atomic E-state index is -0.833. The number of Topliss-reactive ketones (excluding diaryl/α,β-unsaturated/α-hetero) is 1. The number of ketones is 1. The van der Waals surface area contributed by atoms with Crippen molar-refractivity contribution in [2.24, 2.45) is 5.92 Å². The van der Waals surface area contributed by atoms with E-state index in [0.29, 0.717) is 17.7 Å². The summed E-state index contributed by atoms with van der Waals surface area (Å²) in [6, 6.07) is 10.7. The number of β-amino-alcohol motifs (C(OH)–C–C–N with tert-alkyl or cyclic N) is 1. The number of hydrogen-bond acceptors (Lipinski definition) is 6. The number of aliphatic hydroxyl groups is 1. The maximum atomic E-state index is 14.9. The molecule has 1 N–H and O–H groups in total. The van der Waals surface area contributed by atoms with E-state index in [2.05, 4.69) is 4.98 Å². The van der Waals surface area contributed by atoms with Gasteiger partial charge in [-0.25, -0.2) is 9.37 Å². The smallest absolute Gasteiger partial charge is 0.255 e. The van der Waals surface area contributed by atoms with Crippen molar-refractivity contribution in [1.82, 2.24) is 14.8 Å². The molecule has 9 heteroatoms. The van der Waals surface area contributed by atoms with E-state index in [1.807, 2.05) is 39.0 Å². The van der Waals surface area contributed by atoms with Crippen LogP contribution in [-0.2, 0) is 22.6 Å². The van der Waals surface area contributed by atoms with Crippen molar-refractivity contribution in [1.29, 1.82) is 0 Å². The normalized spacial score (nSPS) is 19.6. The Morgan fingerprint density at radius 3 is 2.64 bits per heavy atom. The molecule has 0 aliphatic carbocycles. The molecule has 2 aliphatic heterocycles. The van der Waals surface area contributed by atoms with Gasteiger partial charge in [0.1, 0.15) is 11.9 Å². The lowest BCUT2D eigenvalue weighted by atomic mass is 9.97. The predicted octanol–water partition coefficient (Wildman–Crippen LogP) is 4.40. The minimum Gasteiger partial charge on any atom is -0.391 e. The van der Waals surface area contributed by atoms with Crippen LogP contribution in [0.1, 0.15) is 53.9 Å². The number of thiazole rings is 1. The second kappa shape index (κ2) is 11.0. The molecule has 2 amide bonds. The highest BCUT2D eigenvalue weighted by Crippen LogP contribution is 2.31. The maximum absolute atomic E-state index is 14.9. The van der Waals surface area contributed by atoms with E-state index in [0.717, 1.165) is 21.7 Å². The molecule has 0 bridgehead atoms. The van der Waals surface area contributed by atoms with Crippen molar-refractivity contribution < 1.29 is 23.9 Å². The van der Waals surface area contributed by atoms with Crippen LogP contribution in [0.15, 0.2) is 48.0 Å². The minimum absolute atomic E-state index is 0.0324. The third-order valence-corrected chi connectivity index (χ3v) is 8.68. The number of nitrogens with zero attached hydrogens (tertiary/aromatic N) is 3. The summed E-state index contributed by atoms with van der Waals surface area (Å²) < 4.78 is 14.9. The highest BCUT2D eigenvalue weighted by atomic mass is 32.1. The zero-order chi connectivity index (χ0) is 27.8. The first-order chi connectivity index (χ1) is 18.7. The van der Waals surface area contributed by atoms with Crippen LogP contribution in [0.3, 0.4) is 0 Å². The molecule has 1 aromatic heterocycles. The van der Waals surface area contributed by atoms with Gasteiger partial charge in [-0.15, -0.1) is 11.3 Å². The fourth-order valence-electron chi connectivity index (χ4n) is 5.71. The van der Waals surface area contributed by atoms with Crippen molar-refractivity contribution in [3.8, 4) is 10.4 Å². The van der Waals surface area contributed by atoms with E-state index in [-0.39, 0.29) is 55.1 Å². The van der Waals surface area contributed by atoms with E-state index in [9.17, 15) is 23.9 Å². The topological polar surface area (TPSA) is 90.8 Å². The molecule has 39 heavy (non-hydrogen) atoms. The van der Waals surface area contributed by atoms with Gasteiger partial charge in [-0.2, -0.15) is 0 Å². The average molecular weight is 550 g/mol. The first-order valence-electron chi connectivity index (χ1n) is 13.2. The molecule has 3 aromatic rings. The zero-order valence-corrected chi connectivity index (χ0v) is 23.1. The summed E-state index contributed by atoms with van der Waals surface area (Å²) in [7, 11) is 0. The van der Waals surface area contributed by atoms with Gasteiger partial charge < -0.3 is 14.9 Å². The van der Waals surface area contributed by atoms with E-state index in [4.69, 9.17) is 0 Å². The number of carbonyl (C=O) groups excluding carboxylic acids is 3. The van der Waals surface area contributed by atoms with E-state index >= 15 is 0 Å². The molecule has 204 valence electrons. The SMILES string of the molecule is Cc1ncsc1-c1ccc(CCC(=O)[C@@H]2C[C@@H](O)CN2C(=O)[C@H](C(C)C)N2Cc3ccccc3C2=O)c(F)c1. The van der Waals surface area contributed by atoms with Crippen LogP contribution < -0.4 is 0 Å². The Hall–Kier alpha value is -3.43. The molecule has 3 atom stereocenters. The largest absolute Gasteiger partial charge is 0.391 e. The van der Waals surface area contributed by atoms with E-state index in [1.165, 1.54) is 22.3 Å². The fourth-order valence-corrected chi connectivity index (χ4v) is 6.51. The van der Waals surface area contributed by atoms with Crippen LogP contribution in [0, 0.1) is 18.7 Å². The van der Waals surface area contributed by atoms with Gasteiger partial charge in [-0.1, -0.05) is 44.2 Å². The molecule has 3 heterocycles. The van der Waals surface area contributed by atoms with Crippen LogP contribution in [0.25, 0.3) is 10.4 Å². The van der Waals surface area contributed by atoms with E-state index in [1.54, 1.807) is 28.6 Å². The van der Waals surface area contributed by atoms with Crippen LogP contribution >= 0.6 is 11.3 Å². The van der Waals surface area contributed by atoms with Gasteiger partial charge in [0.25, 0.3) is 5.91 Å². The zero-order valence-electron chi connectivity index (χ0n) is 22.3. The molecule has 0 spiro atoms. The molecule has 0 unspecified atom stereocenters. The van der Waals surface area contributed by atoms with Crippen molar-refractivity contribution in [3.63, 3.8) is 0 Å². The number of amides is 2. The van der Waals surface area contributed by atoms with Crippen molar-refractivity contribution in [2.45, 2.75) is 64.8 Å². The maximum Gasteiger partial charge on any atom is 0.255 e. The predicted molar refractivity (Wildman–Crippen MR) is 147 cm³/mol. The van der Waals surface area contributed by atoms with Crippen molar-refractivity contribution >= 4 is 28.9 Å². The summed E-state index contributed by atoms with van der Waals surface area (Å²) in [5.74, 6) is -1.34. The number of rotatable bonds is 8. The van der Waals surface area contributed by atoms with Gasteiger partial charge in [-0.05, 0) is 48.1 Å².